The minimum absolute atomic E-state index is 0.856. The van der Waals surface area contributed by atoms with Crippen molar-refractivity contribution in [3.8, 4) is 0 Å². The Morgan fingerprint density at radius 1 is 0.500 bits per heavy atom. The Morgan fingerprint density at radius 2 is 0.889 bits per heavy atom. The van der Waals surface area contributed by atoms with Gasteiger partial charge in [0.25, 0.3) is 0 Å². The molecule has 0 amide bonds. The zero-order valence-corrected chi connectivity index (χ0v) is 24.7. The summed E-state index contributed by atoms with van der Waals surface area (Å²) in [6, 6.07) is 9.23. The molecular formula is C36H64. The summed E-state index contributed by atoms with van der Waals surface area (Å²) in [6.45, 7) is 2.31. The number of hydrogen-bond acceptors (Lipinski definition) is 0. The highest BCUT2D eigenvalue weighted by atomic mass is 14.2. The van der Waals surface area contributed by atoms with Gasteiger partial charge >= 0.3 is 0 Å². The van der Waals surface area contributed by atoms with Crippen LogP contribution < -0.4 is 0 Å². The standard InChI is InChI=1S/C36H64/c1-2-3-4-5-6-7-8-9-10-11-12-13-14-15-16-17-18-19-20-21-22-23-24-25-29-34-31-28-32-35-30-26-27-33-36(34)35/h26-27,30,33-34H,2-25,28-29,31-32H2,1H3. The van der Waals surface area contributed by atoms with Crippen molar-refractivity contribution in [3.63, 3.8) is 0 Å². The largest absolute Gasteiger partial charge is 0.0654 e. The Labute approximate surface area is 227 Å². The van der Waals surface area contributed by atoms with E-state index in [1.165, 1.54) is 180 Å². The summed E-state index contributed by atoms with van der Waals surface area (Å²) in [5.74, 6) is 0.856. The Balaban J connectivity index is 1.23. The first-order valence-corrected chi connectivity index (χ1v) is 17.0. The van der Waals surface area contributed by atoms with Gasteiger partial charge in [-0.05, 0) is 42.7 Å². The van der Waals surface area contributed by atoms with Crippen LogP contribution in [0.5, 0.6) is 0 Å². The molecular weight excluding hydrogens is 432 g/mol. The van der Waals surface area contributed by atoms with Crippen LogP contribution in [-0.4, -0.2) is 0 Å². The van der Waals surface area contributed by atoms with Gasteiger partial charge in [-0.25, -0.2) is 0 Å². The summed E-state index contributed by atoms with van der Waals surface area (Å²) in [6.07, 6.45) is 41.0. The zero-order chi connectivity index (χ0) is 25.4. The lowest BCUT2D eigenvalue weighted by atomic mass is 9.80. The van der Waals surface area contributed by atoms with Crippen molar-refractivity contribution in [2.24, 2.45) is 0 Å². The van der Waals surface area contributed by atoms with E-state index in [0.29, 0.717) is 0 Å². The molecule has 0 radical (unpaired) electrons. The predicted octanol–water partition coefficient (Wildman–Crippen LogP) is 12.9. The van der Waals surface area contributed by atoms with E-state index < -0.39 is 0 Å². The number of fused-ring (bicyclic) bond motifs is 1. The van der Waals surface area contributed by atoms with Gasteiger partial charge in [0, 0.05) is 0 Å². The fourth-order valence-electron chi connectivity index (χ4n) is 6.51. The van der Waals surface area contributed by atoms with Crippen molar-refractivity contribution < 1.29 is 0 Å². The second-order valence-electron chi connectivity index (χ2n) is 12.2. The first kappa shape index (κ1) is 31.4. The molecule has 1 unspecified atom stereocenters. The van der Waals surface area contributed by atoms with Gasteiger partial charge in [0.05, 0.1) is 0 Å². The van der Waals surface area contributed by atoms with Crippen molar-refractivity contribution in [2.45, 2.75) is 193 Å². The van der Waals surface area contributed by atoms with Crippen LogP contribution in [0.1, 0.15) is 197 Å². The van der Waals surface area contributed by atoms with Crippen molar-refractivity contribution >= 4 is 0 Å². The van der Waals surface area contributed by atoms with Crippen LogP contribution >= 0.6 is 0 Å². The molecule has 0 N–H and O–H groups in total. The van der Waals surface area contributed by atoms with Gasteiger partial charge in [-0.2, -0.15) is 0 Å². The van der Waals surface area contributed by atoms with Crippen LogP contribution in [-0.2, 0) is 6.42 Å². The number of aryl methyl sites for hydroxylation is 1. The minimum Gasteiger partial charge on any atom is -0.0654 e. The monoisotopic (exact) mass is 497 g/mol. The molecule has 0 aromatic heterocycles. The SMILES string of the molecule is CCCCCCCCCCCCCCCCCCCCCCCCCCC1CCCc2ccccc21. The quantitative estimate of drug-likeness (QED) is 0.118. The van der Waals surface area contributed by atoms with Gasteiger partial charge in [0.2, 0.25) is 0 Å². The maximum absolute atomic E-state index is 2.40. The van der Waals surface area contributed by atoms with E-state index in [4.69, 9.17) is 0 Å². The van der Waals surface area contributed by atoms with E-state index in [0.717, 1.165) is 5.92 Å². The van der Waals surface area contributed by atoms with E-state index in [1.54, 1.807) is 11.1 Å². The van der Waals surface area contributed by atoms with E-state index >= 15 is 0 Å². The smallest absolute Gasteiger partial charge is 0.0159 e. The number of unbranched alkanes of at least 4 members (excludes halogenated alkanes) is 23. The van der Waals surface area contributed by atoms with Gasteiger partial charge in [-0.1, -0.05) is 185 Å². The molecule has 0 saturated heterocycles. The number of rotatable bonds is 25. The first-order chi connectivity index (χ1) is 17.9. The maximum atomic E-state index is 2.40. The van der Waals surface area contributed by atoms with Crippen LogP contribution in [0.25, 0.3) is 0 Å². The molecule has 0 spiro atoms. The molecule has 2 rings (SSSR count). The molecule has 1 atom stereocenters. The molecule has 0 nitrogen and oxygen atoms in total. The lowest BCUT2D eigenvalue weighted by Gasteiger charge is -2.25. The van der Waals surface area contributed by atoms with Crippen LogP contribution in [0.3, 0.4) is 0 Å². The van der Waals surface area contributed by atoms with Crippen molar-refractivity contribution in [3.05, 3.63) is 35.4 Å². The van der Waals surface area contributed by atoms with Gasteiger partial charge < -0.3 is 0 Å². The molecule has 0 heterocycles. The molecule has 0 saturated carbocycles. The van der Waals surface area contributed by atoms with E-state index in [1.807, 2.05) is 0 Å². The molecule has 36 heavy (non-hydrogen) atoms. The third-order valence-corrected chi connectivity index (χ3v) is 8.90. The summed E-state index contributed by atoms with van der Waals surface area (Å²) in [5.41, 5.74) is 3.32. The molecule has 0 aliphatic heterocycles. The molecule has 1 aliphatic rings. The van der Waals surface area contributed by atoms with Gasteiger partial charge in [-0.3, -0.25) is 0 Å². The van der Waals surface area contributed by atoms with Gasteiger partial charge in [0.15, 0.2) is 0 Å². The summed E-state index contributed by atoms with van der Waals surface area (Å²) < 4.78 is 0. The van der Waals surface area contributed by atoms with E-state index in [9.17, 15) is 0 Å². The molecule has 1 aliphatic carbocycles. The summed E-state index contributed by atoms with van der Waals surface area (Å²) >= 11 is 0. The van der Waals surface area contributed by atoms with Gasteiger partial charge in [0.1, 0.15) is 0 Å². The average molecular weight is 497 g/mol. The van der Waals surface area contributed by atoms with Crippen LogP contribution in [0.15, 0.2) is 24.3 Å². The zero-order valence-electron chi connectivity index (χ0n) is 24.7. The molecule has 1 aromatic carbocycles. The third-order valence-electron chi connectivity index (χ3n) is 8.90. The highest BCUT2D eigenvalue weighted by Gasteiger charge is 2.18. The predicted molar refractivity (Wildman–Crippen MR) is 163 cm³/mol. The Morgan fingerprint density at radius 3 is 1.33 bits per heavy atom. The highest BCUT2D eigenvalue weighted by molar-refractivity contribution is 5.32. The summed E-state index contributed by atoms with van der Waals surface area (Å²) in [4.78, 5) is 0. The van der Waals surface area contributed by atoms with Crippen molar-refractivity contribution in [2.75, 3.05) is 0 Å². The second-order valence-corrected chi connectivity index (χ2v) is 12.2. The molecule has 0 fully saturated rings. The maximum Gasteiger partial charge on any atom is -0.0159 e. The van der Waals surface area contributed by atoms with Gasteiger partial charge in [-0.15, -0.1) is 0 Å². The van der Waals surface area contributed by atoms with Crippen LogP contribution in [0, 0.1) is 0 Å². The van der Waals surface area contributed by atoms with E-state index in [-0.39, 0.29) is 0 Å². The Kier molecular flexibility index (Phi) is 20.4. The fourth-order valence-corrected chi connectivity index (χ4v) is 6.51. The lowest BCUT2D eigenvalue weighted by molar-refractivity contribution is 0.479. The Hall–Kier alpha value is -0.780. The highest BCUT2D eigenvalue weighted by Crippen LogP contribution is 2.35. The molecule has 208 valence electrons. The normalized spacial score (nSPS) is 15.3. The second kappa shape index (κ2) is 23.3. The summed E-state index contributed by atoms with van der Waals surface area (Å²) in [5, 5.41) is 0. The van der Waals surface area contributed by atoms with Crippen LogP contribution in [0.4, 0.5) is 0 Å². The molecule has 0 bridgehead atoms. The summed E-state index contributed by atoms with van der Waals surface area (Å²) in [7, 11) is 0. The third kappa shape index (κ3) is 16.1. The number of benzene rings is 1. The van der Waals surface area contributed by atoms with Crippen molar-refractivity contribution in [1.82, 2.24) is 0 Å². The number of hydrogen-bond donors (Lipinski definition) is 0. The van der Waals surface area contributed by atoms with Crippen molar-refractivity contribution in [1.29, 1.82) is 0 Å². The fraction of sp³-hybridized carbons (Fsp3) is 0.833. The molecule has 1 aromatic rings. The van der Waals surface area contributed by atoms with Crippen LogP contribution in [0.2, 0.25) is 0 Å². The van der Waals surface area contributed by atoms with E-state index in [2.05, 4.69) is 31.2 Å². The Bertz CT molecular complexity index is 587. The molecule has 0 heteroatoms. The lowest BCUT2D eigenvalue weighted by Crippen LogP contribution is -2.09. The average Bonchev–Trinajstić information content (AvgIpc) is 2.91. The topological polar surface area (TPSA) is 0 Å². The first-order valence-electron chi connectivity index (χ1n) is 17.0. The minimum atomic E-state index is 0.856.